The van der Waals surface area contributed by atoms with E-state index in [0.717, 1.165) is 45.8 Å². The van der Waals surface area contributed by atoms with E-state index in [9.17, 15) is 9.90 Å². The topological polar surface area (TPSA) is 153 Å². The van der Waals surface area contributed by atoms with Crippen molar-refractivity contribution in [3.63, 3.8) is 0 Å². The molecule has 10 nitrogen and oxygen atoms in total. The van der Waals surface area contributed by atoms with Crippen LogP contribution in [0.2, 0.25) is 0 Å². The number of hydrogen-bond donors (Lipinski definition) is 8. The first-order valence-electron chi connectivity index (χ1n) is 15.6. The molecule has 1 aliphatic carbocycles. The zero-order valence-electron chi connectivity index (χ0n) is 24.3. The van der Waals surface area contributed by atoms with Gasteiger partial charge in [-0.25, -0.2) is 0 Å². The van der Waals surface area contributed by atoms with E-state index in [4.69, 9.17) is 11.5 Å². The molecule has 0 heterocycles. The fourth-order valence-electron chi connectivity index (χ4n) is 4.95. The van der Waals surface area contributed by atoms with Crippen LogP contribution in [-0.2, 0) is 4.79 Å². The molecular formula is C28H62N8O2. The van der Waals surface area contributed by atoms with Crippen LogP contribution in [0.5, 0.6) is 0 Å². The molecule has 10 heteroatoms. The highest BCUT2D eigenvalue weighted by Gasteiger charge is 2.11. The van der Waals surface area contributed by atoms with Gasteiger partial charge in [0, 0.05) is 84.5 Å². The Hall–Kier alpha value is -0.850. The highest BCUT2D eigenvalue weighted by atomic mass is 16.3. The minimum absolute atomic E-state index is 0.0494. The van der Waals surface area contributed by atoms with E-state index in [-0.39, 0.29) is 5.91 Å². The summed E-state index contributed by atoms with van der Waals surface area (Å²) in [6.45, 7) is 9.27. The second-order valence-electron chi connectivity index (χ2n) is 10.7. The molecule has 1 unspecified atom stereocenters. The van der Waals surface area contributed by atoms with Crippen molar-refractivity contribution in [2.45, 2.75) is 95.7 Å². The standard InChI is InChI=1S/C28H62N8O2/c29-14-18-34-27(37)12-16-31-20-23-36(24-21-32-17-13-28(38)35-19-15-30)25-22-33-26-10-8-6-4-2-1-3-5-7-9-11-26/h26-27,31-34,37H,1-25,29-30H2,(H,35,38). The van der Waals surface area contributed by atoms with Gasteiger partial charge in [-0.3, -0.25) is 15.0 Å². The Labute approximate surface area is 233 Å². The van der Waals surface area contributed by atoms with Crippen LogP contribution in [0.4, 0.5) is 0 Å². The van der Waals surface area contributed by atoms with Crippen molar-refractivity contribution in [2.24, 2.45) is 11.5 Å². The molecule has 0 aromatic rings. The maximum atomic E-state index is 11.8. The highest BCUT2D eigenvalue weighted by Crippen LogP contribution is 2.16. The third-order valence-electron chi connectivity index (χ3n) is 7.29. The van der Waals surface area contributed by atoms with E-state index >= 15 is 0 Å². The van der Waals surface area contributed by atoms with Gasteiger partial charge >= 0.3 is 0 Å². The Morgan fingerprint density at radius 2 is 1.29 bits per heavy atom. The molecule has 0 bridgehead atoms. The van der Waals surface area contributed by atoms with Crippen LogP contribution in [0.25, 0.3) is 0 Å². The van der Waals surface area contributed by atoms with Crippen molar-refractivity contribution in [3.05, 3.63) is 0 Å². The number of aliphatic hydroxyl groups is 1. The quantitative estimate of drug-likeness (QED) is 0.0763. The molecule has 0 spiro atoms. The zero-order valence-corrected chi connectivity index (χ0v) is 24.3. The first kappa shape index (κ1) is 35.2. The van der Waals surface area contributed by atoms with Gasteiger partial charge in [-0.15, -0.1) is 0 Å². The molecule has 0 aromatic carbocycles. The molecular weight excluding hydrogens is 480 g/mol. The Morgan fingerprint density at radius 3 is 1.89 bits per heavy atom. The van der Waals surface area contributed by atoms with E-state index in [1.165, 1.54) is 70.6 Å². The Bertz CT molecular complexity index is 517. The summed E-state index contributed by atoms with van der Waals surface area (Å²) in [5.74, 6) is 0.0494. The number of rotatable bonds is 21. The second kappa shape index (κ2) is 26.4. The summed E-state index contributed by atoms with van der Waals surface area (Å²) in [6, 6.07) is 0.641. The van der Waals surface area contributed by atoms with Gasteiger partial charge in [-0.1, -0.05) is 57.8 Å². The smallest absolute Gasteiger partial charge is 0.221 e. The number of carbonyl (C=O) groups is 1. The van der Waals surface area contributed by atoms with Gasteiger partial charge in [0.15, 0.2) is 0 Å². The van der Waals surface area contributed by atoms with Gasteiger partial charge < -0.3 is 37.8 Å². The van der Waals surface area contributed by atoms with Crippen molar-refractivity contribution in [2.75, 3.05) is 78.5 Å². The normalized spacial score (nSPS) is 17.2. The number of amides is 1. The van der Waals surface area contributed by atoms with Gasteiger partial charge in [0.2, 0.25) is 5.91 Å². The molecule has 1 saturated carbocycles. The van der Waals surface area contributed by atoms with Crippen LogP contribution >= 0.6 is 0 Å². The van der Waals surface area contributed by atoms with Gasteiger partial charge in [-0.2, -0.15) is 0 Å². The lowest BCUT2D eigenvalue weighted by Gasteiger charge is -2.25. The Balaban J connectivity index is 2.37. The third-order valence-corrected chi connectivity index (χ3v) is 7.29. The fourth-order valence-corrected chi connectivity index (χ4v) is 4.95. The molecule has 1 aliphatic rings. The summed E-state index contributed by atoms with van der Waals surface area (Å²) in [4.78, 5) is 14.2. The SMILES string of the molecule is NCCNC(=O)CCNCCN(CCNCCC(O)NCCN)CCNC1CCCCCCCCCCC1. The Morgan fingerprint density at radius 1 is 0.737 bits per heavy atom. The molecule has 0 radical (unpaired) electrons. The van der Waals surface area contributed by atoms with Crippen LogP contribution in [0.1, 0.15) is 83.5 Å². The number of nitrogens with one attached hydrogen (secondary N) is 5. The summed E-state index contributed by atoms with van der Waals surface area (Å²) in [5.41, 5.74) is 10.9. The van der Waals surface area contributed by atoms with E-state index in [2.05, 4.69) is 31.5 Å². The van der Waals surface area contributed by atoms with Gasteiger partial charge in [0.25, 0.3) is 0 Å². The zero-order chi connectivity index (χ0) is 27.5. The molecule has 1 rings (SSSR count). The average Bonchev–Trinajstić information content (AvgIpc) is 2.91. The summed E-state index contributed by atoms with van der Waals surface area (Å²) >= 11 is 0. The number of aliphatic hydroxyl groups excluding tert-OH is 1. The first-order valence-corrected chi connectivity index (χ1v) is 15.6. The van der Waals surface area contributed by atoms with Crippen molar-refractivity contribution in [1.29, 1.82) is 0 Å². The van der Waals surface area contributed by atoms with E-state index in [1.54, 1.807) is 0 Å². The van der Waals surface area contributed by atoms with Crippen LogP contribution in [0.3, 0.4) is 0 Å². The summed E-state index contributed by atoms with van der Waals surface area (Å²) < 4.78 is 0. The molecule has 1 atom stereocenters. The number of carbonyl (C=O) groups excluding carboxylic acids is 1. The largest absolute Gasteiger partial charge is 0.379 e. The lowest BCUT2D eigenvalue weighted by atomic mass is 9.98. The summed E-state index contributed by atoms with van der Waals surface area (Å²) in [7, 11) is 0. The minimum Gasteiger partial charge on any atom is -0.379 e. The lowest BCUT2D eigenvalue weighted by Crippen LogP contribution is -2.43. The Kier molecular flexibility index (Phi) is 24.4. The maximum Gasteiger partial charge on any atom is 0.221 e. The molecule has 1 amide bonds. The number of nitrogens with zero attached hydrogens (tertiary/aromatic N) is 1. The number of hydrogen-bond acceptors (Lipinski definition) is 9. The molecule has 38 heavy (non-hydrogen) atoms. The monoisotopic (exact) mass is 542 g/mol. The molecule has 0 aromatic heterocycles. The summed E-state index contributed by atoms with van der Waals surface area (Å²) in [5, 5.41) is 26.5. The van der Waals surface area contributed by atoms with Crippen molar-refractivity contribution in [1.82, 2.24) is 31.5 Å². The molecule has 1 fully saturated rings. The van der Waals surface area contributed by atoms with Crippen LogP contribution in [0.15, 0.2) is 0 Å². The average molecular weight is 543 g/mol. The second-order valence-corrected chi connectivity index (χ2v) is 10.7. The maximum absolute atomic E-state index is 11.8. The lowest BCUT2D eigenvalue weighted by molar-refractivity contribution is -0.120. The van der Waals surface area contributed by atoms with Crippen molar-refractivity contribution < 1.29 is 9.90 Å². The van der Waals surface area contributed by atoms with E-state index in [1.807, 2.05) is 0 Å². The van der Waals surface area contributed by atoms with Crippen molar-refractivity contribution >= 4 is 5.91 Å². The van der Waals surface area contributed by atoms with Gasteiger partial charge in [0.1, 0.15) is 6.23 Å². The van der Waals surface area contributed by atoms with Crippen LogP contribution < -0.4 is 38.1 Å². The predicted molar refractivity (Wildman–Crippen MR) is 159 cm³/mol. The first-order chi connectivity index (χ1) is 18.7. The van der Waals surface area contributed by atoms with Crippen molar-refractivity contribution in [3.8, 4) is 0 Å². The van der Waals surface area contributed by atoms with Gasteiger partial charge in [0.05, 0.1) is 0 Å². The van der Waals surface area contributed by atoms with E-state index < -0.39 is 6.23 Å². The molecule has 226 valence electrons. The minimum atomic E-state index is -0.511. The third kappa shape index (κ3) is 22.0. The molecule has 0 aliphatic heterocycles. The molecule has 10 N–H and O–H groups in total. The highest BCUT2D eigenvalue weighted by molar-refractivity contribution is 5.76. The van der Waals surface area contributed by atoms with Crippen LogP contribution in [-0.4, -0.2) is 107 Å². The van der Waals surface area contributed by atoms with E-state index in [0.29, 0.717) is 51.6 Å². The molecule has 0 saturated heterocycles. The van der Waals surface area contributed by atoms with Crippen LogP contribution in [0, 0.1) is 0 Å². The predicted octanol–water partition coefficient (Wildman–Crippen LogP) is 0.452. The number of nitrogens with two attached hydrogens (primary N) is 2. The van der Waals surface area contributed by atoms with Gasteiger partial charge in [-0.05, 0) is 25.8 Å². The summed E-state index contributed by atoms with van der Waals surface area (Å²) in [6.07, 6.45) is 15.7. The fraction of sp³-hybridized carbons (Fsp3) is 0.964.